The standard InChI is InChI=1S/C19H36O2Si2/c1-3-22(15-18-11-7-5-8-12-18)20-17-21-23(4-2)16-19-13-9-6-10-14-19/h3-4,18-19,22-23H,1-2,5-17H2. The van der Waals surface area contributed by atoms with Crippen LogP contribution < -0.4 is 0 Å². The van der Waals surface area contributed by atoms with Crippen LogP contribution in [0.25, 0.3) is 0 Å². The monoisotopic (exact) mass is 352 g/mol. The van der Waals surface area contributed by atoms with Gasteiger partial charge in [-0.1, -0.05) is 75.6 Å². The van der Waals surface area contributed by atoms with Gasteiger partial charge in [0.15, 0.2) is 0 Å². The molecule has 0 N–H and O–H groups in total. The van der Waals surface area contributed by atoms with E-state index < -0.39 is 18.1 Å². The quantitative estimate of drug-likeness (QED) is 0.405. The lowest BCUT2D eigenvalue weighted by atomic mass is 9.91. The zero-order chi connectivity index (χ0) is 16.3. The van der Waals surface area contributed by atoms with Gasteiger partial charge < -0.3 is 8.85 Å². The van der Waals surface area contributed by atoms with E-state index in [0.29, 0.717) is 6.79 Å². The van der Waals surface area contributed by atoms with E-state index in [-0.39, 0.29) is 0 Å². The van der Waals surface area contributed by atoms with Crippen LogP contribution in [-0.4, -0.2) is 24.9 Å². The van der Waals surface area contributed by atoms with Crippen LogP contribution in [0.2, 0.25) is 12.1 Å². The Hall–Kier alpha value is -0.166. The molecule has 132 valence electrons. The maximum absolute atomic E-state index is 6.10. The van der Waals surface area contributed by atoms with Crippen molar-refractivity contribution >= 4 is 18.1 Å². The summed E-state index contributed by atoms with van der Waals surface area (Å²) in [7, 11) is -2.55. The minimum absolute atomic E-state index is 0.491. The molecular weight excluding hydrogens is 316 g/mol. The van der Waals surface area contributed by atoms with Crippen molar-refractivity contribution in [2.24, 2.45) is 11.8 Å². The first-order valence-corrected chi connectivity index (χ1v) is 13.7. The molecule has 2 rings (SSSR count). The highest BCUT2D eigenvalue weighted by Gasteiger charge is 2.21. The third kappa shape index (κ3) is 7.50. The molecule has 2 fully saturated rings. The predicted octanol–water partition coefficient (Wildman–Crippen LogP) is 5.04. The van der Waals surface area contributed by atoms with E-state index in [1.54, 1.807) is 0 Å². The molecule has 23 heavy (non-hydrogen) atoms. The van der Waals surface area contributed by atoms with Crippen LogP contribution in [-0.2, 0) is 8.85 Å². The van der Waals surface area contributed by atoms with Crippen LogP contribution in [0.15, 0.2) is 24.6 Å². The van der Waals surface area contributed by atoms with Crippen molar-refractivity contribution < 1.29 is 8.85 Å². The molecule has 0 aromatic rings. The van der Waals surface area contributed by atoms with Crippen molar-refractivity contribution in [3.8, 4) is 0 Å². The third-order valence-corrected chi connectivity index (χ3v) is 10.1. The molecule has 0 aromatic carbocycles. The van der Waals surface area contributed by atoms with Crippen LogP contribution in [0.1, 0.15) is 64.2 Å². The highest BCUT2D eigenvalue weighted by molar-refractivity contribution is 6.58. The summed E-state index contributed by atoms with van der Waals surface area (Å²) in [5.74, 6) is 1.77. The maximum Gasteiger partial charge on any atom is 0.203 e. The van der Waals surface area contributed by atoms with Crippen LogP contribution in [0.3, 0.4) is 0 Å². The SMILES string of the molecule is C=C[SiH](CC1CCCCC1)OCO[SiH](C=C)CC1CCCCC1. The van der Waals surface area contributed by atoms with E-state index in [2.05, 4.69) is 24.6 Å². The Morgan fingerprint density at radius 3 is 1.43 bits per heavy atom. The lowest BCUT2D eigenvalue weighted by Gasteiger charge is -2.26. The van der Waals surface area contributed by atoms with Gasteiger partial charge in [0.1, 0.15) is 6.79 Å². The van der Waals surface area contributed by atoms with E-state index >= 15 is 0 Å². The van der Waals surface area contributed by atoms with E-state index in [9.17, 15) is 0 Å². The van der Waals surface area contributed by atoms with Gasteiger partial charge in [-0.2, -0.15) is 0 Å². The molecule has 2 aliphatic rings. The molecule has 0 saturated heterocycles. The molecule has 2 atom stereocenters. The zero-order valence-corrected chi connectivity index (χ0v) is 17.2. The third-order valence-electron chi connectivity index (χ3n) is 5.67. The maximum atomic E-state index is 6.10. The lowest BCUT2D eigenvalue weighted by molar-refractivity contribution is 0.117. The number of rotatable bonds is 10. The van der Waals surface area contributed by atoms with E-state index in [1.165, 1.54) is 76.3 Å². The highest BCUT2D eigenvalue weighted by atomic mass is 28.3. The molecule has 2 unspecified atom stereocenters. The Morgan fingerprint density at radius 2 is 1.09 bits per heavy atom. The molecule has 0 spiro atoms. The van der Waals surface area contributed by atoms with Crippen molar-refractivity contribution in [1.82, 2.24) is 0 Å². The topological polar surface area (TPSA) is 18.5 Å². The molecule has 0 heterocycles. The van der Waals surface area contributed by atoms with Gasteiger partial charge in [-0.25, -0.2) is 0 Å². The first-order valence-electron chi connectivity index (χ1n) is 9.80. The highest BCUT2D eigenvalue weighted by Crippen LogP contribution is 2.29. The summed E-state index contributed by atoms with van der Waals surface area (Å²) in [4.78, 5) is 0. The van der Waals surface area contributed by atoms with Gasteiger partial charge in [0.25, 0.3) is 0 Å². The molecule has 0 radical (unpaired) electrons. The molecule has 0 amide bonds. The summed E-state index contributed by atoms with van der Waals surface area (Å²) in [6.45, 7) is 8.51. The summed E-state index contributed by atoms with van der Waals surface area (Å²) in [5.41, 5.74) is 4.20. The van der Waals surface area contributed by atoms with Crippen molar-refractivity contribution in [3.05, 3.63) is 24.6 Å². The van der Waals surface area contributed by atoms with Crippen LogP contribution >= 0.6 is 0 Å². The van der Waals surface area contributed by atoms with E-state index in [0.717, 1.165) is 11.8 Å². The van der Waals surface area contributed by atoms with Gasteiger partial charge in [-0.05, 0) is 23.9 Å². The summed E-state index contributed by atoms with van der Waals surface area (Å²) in [6, 6.07) is 2.52. The number of hydrogen-bond donors (Lipinski definition) is 0. The van der Waals surface area contributed by atoms with Crippen LogP contribution in [0.5, 0.6) is 0 Å². The number of hydrogen-bond acceptors (Lipinski definition) is 2. The summed E-state index contributed by atoms with van der Waals surface area (Å²) in [6.07, 6.45) is 14.1. The fourth-order valence-corrected chi connectivity index (χ4v) is 8.03. The summed E-state index contributed by atoms with van der Waals surface area (Å²) < 4.78 is 12.2. The van der Waals surface area contributed by atoms with Crippen LogP contribution in [0, 0.1) is 11.8 Å². The molecule has 2 aliphatic carbocycles. The molecule has 0 aromatic heterocycles. The Bertz CT molecular complexity index is 304. The van der Waals surface area contributed by atoms with Crippen molar-refractivity contribution in [1.29, 1.82) is 0 Å². The first kappa shape index (κ1) is 19.2. The van der Waals surface area contributed by atoms with Crippen LogP contribution in [0.4, 0.5) is 0 Å². The lowest BCUT2D eigenvalue weighted by Crippen LogP contribution is -2.27. The molecule has 0 aliphatic heterocycles. The molecule has 0 bridgehead atoms. The van der Waals surface area contributed by atoms with Gasteiger partial charge in [-0.3, -0.25) is 0 Å². The largest absolute Gasteiger partial charge is 0.394 e. The minimum atomic E-state index is -1.27. The van der Waals surface area contributed by atoms with Gasteiger partial charge in [0.05, 0.1) is 0 Å². The van der Waals surface area contributed by atoms with Gasteiger partial charge in [0.2, 0.25) is 18.1 Å². The predicted molar refractivity (Wildman–Crippen MR) is 104 cm³/mol. The summed E-state index contributed by atoms with van der Waals surface area (Å²) in [5, 5.41) is 0. The zero-order valence-electron chi connectivity index (χ0n) is 14.9. The van der Waals surface area contributed by atoms with E-state index in [1.807, 2.05) is 0 Å². The molecule has 2 nitrogen and oxygen atoms in total. The van der Waals surface area contributed by atoms with Gasteiger partial charge in [0, 0.05) is 0 Å². The first-order chi connectivity index (χ1) is 11.3. The van der Waals surface area contributed by atoms with Gasteiger partial charge >= 0.3 is 0 Å². The second-order valence-corrected chi connectivity index (χ2v) is 12.2. The average Bonchev–Trinajstić information content (AvgIpc) is 2.61. The minimum Gasteiger partial charge on any atom is -0.394 e. The Labute approximate surface area is 146 Å². The fraction of sp³-hybridized carbons (Fsp3) is 0.789. The van der Waals surface area contributed by atoms with Gasteiger partial charge in [-0.15, -0.1) is 13.2 Å². The normalized spacial score (nSPS) is 23.3. The van der Waals surface area contributed by atoms with Crippen molar-refractivity contribution in [2.45, 2.75) is 76.3 Å². The average molecular weight is 353 g/mol. The molecule has 4 heteroatoms. The second kappa shape index (κ2) is 11.4. The fourth-order valence-electron chi connectivity index (χ4n) is 4.18. The summed E-state index contributed by atoms with van der Waals surface area (Å²) >= 11 is 0. The Kier molecular flexibility index (Phi) is 9.50. The van der Waals surface area contributed by atoms with Crippen molar-refractivity contribution in [3.63, 3.8) is 0 Å². The molecular formula is C19H36O2Si2. The second-order valence-electron chi connectivity index (χ2n) is 7.48. The Morgan fingerprint density at radius 1 is 0.696 bits per heavy atom. The van der Waals surface area contributed by atoms with Crippen molar-refractivity contribution in [2.75, 3.05) is 6.79 Å². The smallest absolute Gasteiger partial charge is 0.203 e. The molecule has 2 saturated carbocycles. The Balaban J connectivity index is 1.63. The van der Waals surface area contributed by atoms with E-state index in [4.69, 9.17) is 8.85 Å².